The van der Waals surface area contributed by atoms with Gasteiger partial charge in [-0.1, -0.05) is 0 Å². The molecule has 0 aromatic carbocycles. The zero-order chi connectivity index (χ0) is 11.5. The number of aromatic nitrogens is 2. The molecule has 0 amide bonds. The van der Waals surface area contributed by atoms with E-state index in [1.807, 2.05) is 0 Å². The van der Waals surface area contributed by atoms with Crippen LogP contribution in [-0.4, -0.2) is 28.2 Å². The molecule has 2 aromatic heterocycles. The lowest BCUT2D eigenvalue weighted by molar-refractivity contribution is 0.0702. The molecule has 82 valence electrons. The van der Waals surface area contributed by atoms with E-state index < -0.39 is 5.97 Å². The molecule has 16 heavy (non-hydrogen) atoms. The van der Waals surface area contributed by atoms with Crippen LogP contribution in [0.3, 0.4) is 0 Å². The summed E-state index contributed by atoms with van der Waals surface area (Å²) in [5.41, 5.74) is 0.776. The predicted octanol–water partition coefficient (Wildman–Crippen LogP) is 1.91. The molecule has 0 saturated carbocycles. The lowest BCUT2D eigenvalue weighted by Gasteiger charge is -1.98. The van der Waals surface area contributed by atoms with Crippen LogP contribution in [0.5, 0.6) is 5.88 Å². The molecule has 1 N–H and O–H groups in total. The smallest absolute Gasteiger partial charge is 0.347 e. The van der Waals surface area contributed by atoms with E-state index in [4.69, 9.17) is 9.84 Å². The standard InChI is InChI=1S/C10H8N2O3S/c1-15-8-3-2-6(4-11-8)9-12-5-7(16-9)10(13)14/h2-5H,1H3,(H,13,14). The molecule has 2 aromatic rings. The Bertz CT molecular complexity index is 507. The molecule has 2 heterocycles. The fourth-order valence-electron chi connectivity index (χ4n) is 1.13. The topological polar surface area (TPSA) is 72.3 Å². The predicted molar refractivity (Wildman–Crippen MR) is 58.9 cm³/mol. The van der Waals surface area contributed by atoms with Crippen molar-refractivity contribution >= 4 is 17.3 Å². The fourth-order valence-corrected chi connectivity index (χ4v) is 1.88. The highest BCUT2D eigenvalue weighted by Gasteiger charge is 2.10. The van der Waals surface area contributed by atoms with Gasteiger partial charge in [-0.15, -0.1) is 11.3 Å². The van der Waals surface area contributed by atoms with Crippen molar-refractivity contribution < 1.29 is 14.6 Å². The average molecular weight is 236 g/mol. The SMILES string of the molecule is COc1ccc(-c2ncc(C(=O)O)s2)cn1. The molecule has 0 saturated heterocycles. The summed E-state index contributed by atoms with van der Waals surface area (Å²) in [6.45, 7) is 0. The Labute approximate surface area is 95.4 Å². The van der Waals surface area contributed by atoms with Crippen LogP contribution in [0.1, 0.15) is 9.67 Å². The van der Waals surface area contributed by atoms with Gasteiger partial charge >= 0.3 is 5.97 Å². The van der Waals surface area contributed by atoms with Crippen molar-refractivity contribution in [3.8, 4) is 16.5 Å². The van der Waals surface area contributed by atoms with Crippen molar-refractivity contribution in [2.24, 2.45) is 0 Å². The lowest BCUT2D eigenvalue weighted by atomic mass is 10.3. The summed E-state index contributed by atoms with van der Waals surface area (Å²) in [5, 5.41) is 9.39. The van der Waals surface area contributed by atoms with Crippen LogP contribution >= 0.6 is 11.3 Å². The van der Waals surface area contributed by atoms with Crippen LogP contribution in [0.15, 0.2) is 24.5 Å². The van der Waals surface area contributed by atoms with Crippen LogP contribution in [0.2, 0.25) is 0 Å². The van der Waals surface area contributed by atoms with E-state index in [0.717, 1.165) is 16.9 Å². The monoisotopic (exact) mass is 236 g/mol. The van der Waals surface area contributed by atoms with Gasteiger partial charge < -0.3 is 9.84 Å². The zero-order valence-corrected chi connectivity index (χ0v) is 9.19. The second-order valence-electron chi connectivity index (χ2n) is 2.92. The van der Waals surface area contributed by atoms with Crippen LogP contribution in [0.4, 0.5) is 0 Å². The average Bonchev–Trinajstić information content (AvgIpc) is 2.78. The molecule has 0 bridgehead atoms. The van der Waals surface area contributed by atoms with Gasteiger partial charge in [0.25, 0.3) is 0 Å². The summed E-state index contributed by atoms with van der Waals surface area (Å²) in [7, 11) is 1.54. The van der Waals surface area contributed by atoms with Crippen LogP contribution in [0.25, 0.3) is 10.6 Å². The Kier molecular flexibility index (Phi) is 2.82. The van der Waals surface area contributed by atoms with Crippen LogP contribution < -0.4 is 4.74 Å². The van der Waals surface area contributed by atoms with Gasteiger partial charge in [-0.2, -0.15) is 0 Å². The highest BCUT2D eigenvalue weighted by atomic mass is 32.1. The first kappa shape index (κ1) is 10.6. The number of carboxylic acids is 1. The highest BCUT2D eigenvalue weighted by molar-refractivity contribution is 7.16. The Balaban J connectivity index is 2.31. The molecule has 0 aliphatic heterocycles. The second-order valence-corrected chi connectivity index (χ2v) is 3.95. The second kappa shape index (κ2) is 4.28. The summed E-state index contributed by atoms with van der Waals surface area (Å²) in [6, 6.07) is 3.49. The number of methoxy groups -OCH3 is 1. The van der Waals surface area contributed by atoms with Crippen molar-refractivity contribution in [3.05, 3.63) is 29.4 Å². The third-order valence-corrected chi connectivity index (χ3v) is 2.94. The van der Waals surface area contributed by atoms with Gasteiger partial charge in [0, 0.05) is 17.8 Å². The van der Waals surface area contributed by atoms with E-state index in [-0.39, 0.29) is 4.88 Å². The van der Waals surface area contributed by atoms with Gasteiger partial charge in [0.2, 0.25) is 5.88 Å². The number of hydrogen-bond donors (Lipinski definition) is 1. The quantitative estimate of drug-likeness (QED) is 0.881. The Morgan fingerprint density at radius 3 is 2.69 bits per heavy atom. The first-order valence-corrected chi connectivity index (χ1v) is 5.22. The molecular formula is C10H8N2O3S. The number of aromatic carboxylic acids is 1. The van der Waals surface area contributed by atoms with Crippen LogP contribution in [-0.2, 0) is 0 Å². The number of carbonyl (C=O) groups is 1. The highest BCUT2D eigenvalue weighted by Crippen LogP contribution is 2.25. The molecule has 0 unspecified atom stereocenters. The number of rotatable bonds is 3. The molecule has 2 rings (SSSR count). The van der Waals surface area contributed by atoms with Gasteiger partial charge in [0.05, 0.1) is 13.3 Å². The third kappa shape index (κ3) is 2.01. The molecule has 0 spiro atoms. The maximum atomic E-state index is 10.7. The minimum Gasteiger partial charge on any atom is -0.481 e. The van der Waals surface area contributed by atoms with Crippen molar-refractivity contribution in [1.29, 1.82) is 0 Å². The molecular weight excluding hydrogens is 228 g/mol. The summed E-state index contributed by atoms with van der Waals surface area (Å²) in [6.07, 6.45) is 2.94. The van der Waals surface area contributed by atoms with Crippen molar-refractivity contribution in [2.75, 3.05) is 7.11 Å². The zero-order valence-electron chi connectivity index (χ0n) is 8.38. The first-order valence-electron chi connectivity index (χ1n) is 4.40. The number of thiazole rings is 1. The summed E-state index contributed by atoms with van der Waals surface area (Å²) < 4.78 is 4.93. The third-order valence-electron chi connectivity index (χ3n) is 1.91. The van der Waals surface area contributed by atoms with Gasteiger partial charge in [0.15, 0.2) is 0 Å². The number of ether oxygens (including phenoxy) is 1. The minimum absolute atomic E-state index is 0.214. The van der Waals surface area contributed by atoms with E-state index in [9.17, 15) is 4.79 Å². The largest absolute Gasteiger partial charge is 0.481 e. The van der Waals surface area contributed by atoms with Gasteiger partial charge in [-0.25, -0.2) is 14.8 Å². The Morgan fingerprint density at radius 1 is 1.38 bits per heavy atom. The van der Waals surface area contributed by atoms with Crippen molar-refractivity contribution in [3.63, 3.8) is 0 Å². The van der Waals surface area contributed by atoms with Gasteiger partial charge in [0.1, 0.15) is 9.88 Å². The minimum atomic E-state index is -0.967. The number of carboxylic acid groups (broad SMARTS) is 1. The summed E-state index contributed by atoms with van der Waals surface area (Å²) in [4.78, 5) is 18.9. The summed E-state index contributed by atoms with van der Waals surface area (Å²) >= 11 is 1.12. The summed E-state index contributed by atoms with van der Waals surface area (Å²) in [5.74, 6) is -0.455. The molecule has 0 aliphatic rings. The van der Waals surface area contributed by atoms with E-state index in [0.29, 0.717) is 10.9 Å². The molecule has 0 radical (unpaired) electrons. The maximum Gasteiger partial charge on any atom is 0.347 e. The number of pyridine rings is 1. The Hall–Kier alpha value is -1.95. The van der Waals surface area contributed by atoms with Crippen molar-refractivity contribution in [2.45, 2.75) is 0 Å². The molecule has 6 heteroatoms. The van der Waals surface area contributed by atoms with Crippen LogP contribution in [0, 0.1) is 0 Å². The molecule has 0 atom stereocenters. The maximum absolute atomic E-state index is 10.7. The normalized spacial score (nSPS) is 10.1. The lowest BCUT2D eigenvalue weighted by Crippen LogP contribution is -1.89. The van der Waals surface area contributed by atoms with Gasteiger partial charge in [-0.05, 0) is 6.07 Å². The Morgan fingerprint density at radius 2 is 2.19 bits per heavy atom. The molecule has 5 nitrogen and oxygen atoms in total. The van der Waals surface area contributed by atoms with E-state index in [2.05, 4.69) is 9.97 Å². The fraction of sp³-hybridized carbons (Fsp3) is 0.100. The number of hydrogen-bond acceptors (Lipinski definition) is 5. The van der Waals surface area contributed by atoms with E-state index >= 15 is 0 Å². The first-order chi connectivity index (χ1) is 7.70. The van der Waals surface area contributed by atoms with Gasteiger partial charge in [-0.3, -0.25) is 0 Å². The number of nitrogens with zero attached hydrogens (tertiary/aromatic N) is 2. The molecule has 0 fully saturated rings. The van der Waals surface area contributed by atoms with E-state index in [1.165, 1.54) is 13.3 Å². The molecule has 0 aliphatic carbocycles. The van der Waals surface area contributed by atoms with E-state index in [1.54, 1.807) is 18.3 Å². The van der Waals surface area contributed by atoms with Crippen molar-refractivity contribution in [1.82, 2.24) is 9.97 Å².